The van der Waals surface area contributed by atoms with Crippen LogP contribution in [0.25, 0.3) is 22.0 Å². The predicted molar refractivity (Wildman–Crippen MR) is 194 cm³/mol. The molecule has 2 nitrogen and oxygen atoms in total. The third-order valence-corrected chi connectivity index (χ3v) is 15.9. The Morgan fingerprint density at radius 3 is 1.89 bits per heavy atom. The summed E-state index contributed by atoms with van der Waals surface area (Å²) in [5.74, 6) is -1.02. The maximum Gasteiger partial charge on any atom is 0.218 e. The summed E-state index contributed by atoms with van der Waals surface area (Å²) in [6.07, 6.45) is 0.568. The van der Waals surface area contributed by atoms with E-state index in [2.05, 4.69) is 81.4 Å². The van der Waals surface area contributed by atoms with Crippen molar-refractivity contribution in [2.24, 2.45) is 0 Å². The third-order valence-electron chi connectivity index (χ3n) is 9.13. The highest BCUT2D eigenvalue weighted by atomic mass is 35.5. The van der Waals surface area contributed by atoms with Gasteiger partial charge < -0.3 is 4.74 Å². The van der Waals surface area contributed by atoms with Gasteiger partial charge in [-0.05, 0) is 53.9 Å². The molecule has 0 aliphatic rings. The molecule has 7 heteroatoms. The number of hydrogen-bond acceptors (Lipinski definition) is 2. The zero-order chi connectivity index (χ0) is 33.2. The zero-order valence-electron chi connectivity index (χ0n) is 26.5. The molecule has 0 N–H and O–H groups in total. The van der Waals surface area contributed by atoms with Gasteiger partial charge in [-0.15, -0.1) is 0 Å². The molecule has 0 radical (unpaired) electrons. The summed E-state index contributed by atoms with van der Waals surface area (Å²) in [5.41, 5.74) is 2.97. The smallest absolute Gasteiger partial charge is 0.218 e. The van der Waals surface area contributed by atoms with Crippen LogP contribution in [0.15, 0.2) is 121 Å². The van der Waals surface area contributed by atoms with Gasteiger partial charge in [0.15, 0.2) is 0 Å². The number of fused-ring (bicyclic) bond motifs is 1. The second kappa shape index (κ2) is 13.6. The summed E-state index contributed by atoms with van der Waals surface area (Å²) in [5, 5.41) is 4.51. The van der Waals surface area contributed by atoms with Gasteiger partial charge in [0.2, 0.25) is 5.88 Å². The zero-order valence-corrected chi connectivity index (χ0v) is 29.0. The molecule has 47 heavy (non-hydrogen) atoms. The molecule has 0 aliphatic heterocycles. The molecule has 0 spiro atoms. The Kier molecular flexibility index (Phi) is 9.52. The van der Waals surface area contributed by atoms with Crippen molar-refractivity contribution in [3.63, 3.8) is 0 Å². The van der Waals surface area contributed by atoms with Crippen molar-refractivity contribution in [1.82, 2.24) is 4.98 Å². The molecule has 1 aromatic heterocycles. The van der Waals surface area contributed by atoms with Crippen LogP contribution < -0.4 is 15.1 Å². The van der Waals surface area contributed by atoms with Crippen molar-refractivity contribution >= 4 is 52.6 Å². The number of benzene rings is 5. The first-order valence-electron chi connectivity index (χ1n) is 15.6. The van der Waals surface area contributed by atoms with E-state index in [1.165, 1.54) is 28.6 Å². The van der Waals surface area contributed by atoms with Gasteiger partial charge in [0.1, 0.15) is 26.3 Å². The first-order valence-corrected chi connectivity index (χ1v) is 18.6. The van der Waals surface area contributed by atoms with Gasteiger partial charge >= 0.3 is 0 Å². The Morgan fingerprint density at radius 2 is 1.30 bits per heavy atom. The van der Waals surface area contributed by atoms with Crippen LogP contribution in [-0.4, -0.2) is 13.1 Å². The van der Waals surface area contributed by atoms with Gasteiger partial charge in [0.25, 0.3) is 0 Å². The van der Waals surface area contributed by atoms with Gasteiger partial charge in [0.05, 0.1) is 11.1 Å². The molecular weight excluding hydrogens is 647 g/mol. The molecule has 0 unspecified atom stereocenters. The highest BCUT2D eigenvalue weighted by Crippen LogP contribution is 2.44. The standard InChI is InChI=1S/C40H35Cl2F2NOSi/c1-40(2,3)47(28-13-6-4-7-14-28,29-15-8-5-9-16-29)24-23-31-38(30-17-10-11-18-34(30)42)32-25-27(41)21-22-37(32)45-39(31)46-26-33-35(43)19-12-20-36(33)44/h4-22,25H,23-24,26H2,1-3H3. The van der Waals surface area contributed by atoms with Crippen LogP contribution in [0.1, 0.15) is 31.9 Å². The first kappa shape index (κ1) is 32.9. The summed E-state index contributed by atoms with van der Waals surface area (Å²) in [6.45, 7) is 6.65. The van der Waals surface area contributed by atoms with E-state index in [1.54, 1.807) is 6.07 Å². The van der Waals surface area contributed by atoms with Gasteiger partial charge in [0, 0.05) is 32.1 Å². The summed E-state index contributed by atoms with van der Waals surface area (Å²) >= 11 is 13.5. The topological polar surface area (TPSA) is 22.1 Å². The number of nitrogens with zero attached hydrogens (tertiary/aromatic N) is 1. The highest BCUT2D eigenvalue weighted by molar-refractivity contribution is 7.04. The molecule has 0 amide bonds. The number of ether oxygens (including phenoxy) is 1. The monoisotopic (exact) mass is 681 g/mol. The fourth-order valence-corrected chi connectivity index (χ4v) is 12.8. The molecule has 6 aromatic rings. The minimum atomic E-state index is -2.54. The summed E-state index contributed by atoms with van der Waals surface area (Å²) in [7, 11) is -2.54. The normalized spacial score (nSPS) is 12.0. The van der Waals surface area contributed by atoms with Crippen molar-refractivity contribution in [2.75, 3.05) is 0 Å². The van der Waals surface area contributed by atoms with E-state index in [0.717, 1.165) is 28.1 Å². The lowest BCUT2D eigenvalue weighted by Crippen LogP contribution is -2.64. The lowest BCUT2D eigenvalue weighted by molar-refractivity contribution is 0.279. The SMILES string of the molecule is CC(C)(C)[Si](CCc1c(OCc2c(F)cccc2F)nc2ccc(Cl)cc2c1-c1ccccc1Cl)(c1ccccc1)c1ccccc1. The molecule has 0 fully saturated rings. The molecule has 0 bridgehead atoms. The van der Waals surface area contributed by atoms with Crippen LogP contribution in [0.3, 0.4) is 0 Å². The van der Waals surface area contributed by atoms with Gasteiger partial charge in [-0.2, -0.15) is 0 Å². The van der Waals surface area contributed by atoms with E-state index in [1.807, 2.05) is 36.4 Å². The largest absolute Gasteiger partial charge is 0.472 e. The fraction of sp³-hybridized carbons (Fsp3) is 0.175. The molecule has 0 atom stereocenters. The van der Waals surface area contributed by atoms with E-state index in [0.29, 0.717) is 27.9 Å². The van der Waals surface area contributed by atoms with E-state index in [4.69, 9.17) is 32.9 Å². The Bertz CT molecular complexity index is 1970. The quantitative estimate of drug-likeness (QED) is 0.142. The van der Waals surface area contributed by atoms with Crippen LogP contribution >= 0.6 is 23.2 Å². The average Bonchev–Trinajstić information content (AvgIpc) is 3.05. The number of hydrogen-bond donors (Lipinski definition) is 0. The van der Waals surface area contributed by atoms with Crippen molar-refractivity contribution in [1.29, 1.82) is 0 Å². The fourth-order valence-electron chi connectivity index (χ4n) is 6.84. The predicted octanol–water partition coefficient (Wildman–Crippen LogP) is 10.7. The minimum Gasteiger partial charge on any atom is -0.472 e. The average molecular weight is 683 g/mol. The summed E-state index contributed by atoms with van der Waals surface area (Å²) in [4.78, 5) is 4.96. The van der Waals surface area contributed by atoms with Crippen molar-refractivity contribution in [2.45, 2.75) is 44.9 Å². The van der Waals surface area contributed by atoms with E-state index in [-0.39, 0.29) is 17.2 Å². The molecular formula is C40H35Cl2F2NOSi. The maximum absolute atomic E-state index is 14.8. The number of rotatable bonds is 9. The molecule has 5 aromatic carbocycles. The third kappa shape index (κ3) is 6.45. The second-order valence-corrected chi connectivity index (χ2v) is 18.6. The van der Waals surface area contributed by atoms with E-state index in [9.17, 15) is 8.78 Å². The number of pyridine rings is 1. The maximum atomic E-state index is 14.8. The minimum absolute atomic E-state index is 0.0921. The Balaban J connectivity index is 1.60. The Labute approximate surface area is 286 Å². The summed E-state index contributed by atoms with van der Waals surface area (Å²) in [6, 6.07) is 39.3. The van der Waals surface area contributed by atoms with Crippen molar-refractivity contribution in [3.05, 3.63) is 154 Å². The van der Waals surface area contributed by atoms with Crippen LogP contribution in [0.4, 0.5) is 8.78 Å². The number of aromatic nitrogens is 1. The van der Waals surface area contributed by atoms with Crippen molar-refractivity contribution < 1.29 is 13.5 Å². The van der Waals surface area contributed by atoms with Crippen LogP contribution in [0.2, 0.25) is 21.1 Å². The van der Waals surface area contributed by atoms with Crippen LogP contribution in [-0.2, 0) is 13.0 Å². The lowest BCUT2D eigenvalue weighted by Gasteiger charge is -2.44. The molecule has 0 aliphatic carbocycles. The molecule has 238 valence electrons. The van der Waals surface area contributed by atoms with E-state index < -0.39 is 19.7 Å². The second-order valence-electron chi connectivity index (χ2n) is 12.8. The summed E-state index contributed by atoms with van der Waals surface area (Å²) < 4.78 is 35.9. The van der Waals surface area contributed by atoms with E-state index >= 15 is 0 Å². The van der Waals surface area contributed by atoms with Gasteiger partial charge in [-0.25, -0.2) is 13.8 Å². The molecule has 6 rings (SSSR count). The molecule has 1 heterocycles. The number of halogens is 4. The van der Waals surface area contributed by atoms with Gasteiger partial charge in [-0.1, -0.05) is 139 Å². The molecule has 0 saturated carbocycles. The Hall–Kier alpha value is -4.03. The molecule has 0 saturated heterocycles. The first-order chi connectivity index (χ1) is 22.6. The Morgan fingerprint density at radius 1 is 0.702 bits per heavy atom. The lowest BCUT2D eigenvalue weighted by atomic mass is 9.94. The van der Waals surface area contributed by atoms with Crippen molar-refractivity contribution in [3.8, 4) is 17.0 Å². The van der Waals surface area contributed by atoms with Crippen LogP contribution in [0, 0.1) is 11.6 Å². The van der Waals surface area contributed by atoms with Crippen LogP contribution in [0.5, 0.6) is 5.88 Å². The highest BCUT2D eigenvalue weighted by Gasteiger charge is 2.47. The van der Waals surface area contributed by atoms with Gasteiger partial charge in [-0.3, -0.25) is 0 Å².